The van der Waals surface area contributed by atoms with E-state index in [0.717, 1.165) is 38.8 Å². The zero-order valence-electron chi connectivity index (χ0n) is 12.1. The highest BCUT2D eigenvalue weighted by Gasteiger charge is 2.33. The first kappa shape index (κ1) is 15.4. The molecule has 0 radical (unpaired) electrons. The summed E-state index contributed by atoms with van der Waals surface area (Å²) in [5.74, 6) is 2.06. The monoisotopic (exact) mass is 329 g/mol. The van der Waals surface area contributed by atoms with Crippen LogP contribution in [0.4, 0.5) is 0 Å². The van der Waals surface area contributed by atoms with Gasteiger partial charge in [-0.25, -0.2) is 0 Å². The Morgan fingerprint density at radius 2 is 1.90 bits per heavy atom. The Kier molecular flexibility index (Phi) is 5.28. The smallest absolute Gasteiger partial charge is 0.139 e. The Labute approximate surface area is 136 Å². The fourth-order valence-electron chi connectivity index (χ4n) is 3.01. The second-order valence-corrected chi connectivity index (χ2v) is 6.66. The third kappa shape index (κ3) is 3.84. The van der Waals surface area contributed by atoms with Crippen molar-refractivity contribution in [3.63, 3.8) is 0 Å². The van der Waals surface area contributed by atoms with Gasteiger partial charge in [0.15, 0.2) is 0 Å². The molecule has 21 heavy (non-hydrogen) atoms. The van der Waals surface area contributed by atoms with Gasteiger partial charge in [-0.05, 0) is 36.8 Å². The van der Waals surface area contributed by atoms with Gasteiger partial charge < -0.3 is 9.47 Å². The van der Waals surface area contributed by atoms with Crippen molar-refractivity contribution in [3.05, 3.63) is 28.2 Å². The molecule has 3 rings (SSSR count). The first-order valence-corrected chi connectivity index (χ1v) is 8.36. The Hall–Kier alpha value is -0.480. The molecule has 0 spiro atoms. The van der Waals surface area contributed by atoms with Crippen LogP contribution in [0.25, 0.3) is 0 Å². The molecule has 116 valence electrons. The molecule has 1 aromatic carbocycles. The van der Waals surface area contributed by atoms with E-state index in [1.165, 1.54) is 19.4 Å². The van der Waals surface area contributed by atoms with Crippen molar-refractivity contribution >= 4 is 23.2 Å². The molecule has 0 unspecified atom stereocenters. The van der Waals surface area contributed by atoms with Gasteiger partial charge in [0.1, 0.15) is 10.8 Å². The average molecular weight is 330 g/mol. The van der Waals surface area contributed by atoms with Crippen LogP contribution in [0.5, 0.6) is 5.75 Å². The van der Waals surface area contributed by atoms with Gasteiger partial charge in [-0.15, -0.1) is 0 Å². The van der Waals surface area contributed by atoms with E-state index >= 15 is 0 Å². The first-order chi connectivity index (χ1) is 10.2. The molecule has 2 atom stereocenters. The number of nitrogens with zero attached hydrogens (tertiary/aromatic N) is 1. The molecule has 0 amide bonds. The highest BCUT2D eigenvalue weighted by molar-refractivity contribution is 6.42. The SMILES string of the molecule is Clc1cccc(OC[C@@H]2CC[C@@H]2CN2CCOCC2)c1Cl. The van der Waals surface area contributed by atoms with E-state index in [9.17, 15) is 0 Å². The van der Waals surface area contributed by atoms with Gasteiger partial charge in [0.25, 0.3) is 0 Å². The van der Waals surface area contributed by atoms with Crippen molar-refractivity contribution in [1.82, 2.24) is 4.90 Å². The molecular weight excluding hydrogens is 309 g/mol. The summed E-state index contributed by atoms with van der Waals surface area (Å²) < 4.78 is 11.3. The predicted octanol–water partition coefficient (Wildman–Crippen LogP) is 3.73. The van der Waals surface area contributed by atoms with Crippen LogP contribution in [-0.2, 0) is 4.74 Å². The number of halogens is 2. The lowest BCUT2D eigenvalue weighted by molar-refractivity contribution is 0.00483. The summed E-state index contributed by atoms with van der Waals surface area (Å²) in [4.78, 5) is 2.51. The zero-order chi connectivity index (χ0) is 14.7. The molecule has 0 N–H and O–H groups in total. The van der Waals surface area contributed by atoms with Crippen LogP contribution in [0.2, 0.25) is 10.0 Å². The molecule has 0 aromatic heterocycles. The lowest BCUT2D eigenvalue weighted by Crippen LogP contribution is -2.44. The Bertz CT molecular complexity index is 477. The quantitative estimate of drug-likeness (QED) is 0.821. The van der Waals surface area contributed by atoms with Crippen molar-refractivity contribution in [3.8, 4) is 5.75 Å². The second-order valence-electron chi connectivity index (χ2n) is 5.87. The number of hydrogen-bond acceptors (Lipinski definition) is 3. The molecule has 2 fully saturated rings. The highest BCUT2D eigenvalue weighted by Crippen LogP contribution is 2.37. The van der Waals surface area contributed by atoms with Crippen molar-refractivity contribution in [1.29, 1.82) is 0 Å². The Morgan fingerprint density at radius 1 is 1.14 bits per heavy atom. The molecule has 1 saturated carbocycles. The van der Waals surface area contributed by atoms with Crippen LogP contribution in [0.1, 0.15) is 12.8 Å². The standard InChI is InChI=1S/C16H21Cl2NO2/c17-14-2-1-3-15(16(14)18)21-11-13-5-4-12(13)10-19-6-8-20-9-7-19/h1-3,12-13H,4-11H2/t12-,13+/m1/s1. The molecule has 5 heteroatoms. The molecule has 1 aromatic rings. The van der Waals surface area contributed by atoms with E-state index in [0.29, 0.717) is 21.7 Å². The predicted molar refractivity (Wildman–Crippen MR) is 85.4 cm³/mol. The van der Waals surface area contributed by atoms with E-state index < -0.39 is 0 Å². The fraction of sp³-hybridized carbons (Fsp3) is 0.625. The van der Waals surface area contributed by atoms with Crippen molar-refractivity contribution in [2.45, 2.75) is 12.8 Å². The summed E-state index contributed by atoms with van der Waals surface area (Å²) in [5.41, 5.74) is 0. The molecular formula is C16H21Cl2NO2. The van der Waals surface area contributed by atoms with Gasteiger partial charge in [0.05, 0.1) is 24.8 Å². The molecule has 1 aliphatic carbocycles. The number of rotatable bonds is 5. The first-order valence-electron chi connectivity index (χ1n) is 7.61. The van der Waals surface area contributed by atoms with Crippen molar-refractivity contribution in [2.24, 2.45) is 11.8 Å². The van der Waals surface area contributed by atoms with Gasteiger partial charge in [-0.2, -0.15) is 0 Å². The minimum absolute atomic E-state index is 0.517. The summed E-state index contributed by atoms with van der Waals surface area (Å²) in [6.45, 7) is 5.75. The third-order valence-electron chi connectivity index (χ3n) is 4.54. The second kappa shape index (κ2) is 7.19. The van der Waals surface area contributed by atoms with Crippen molar-refractivity contribution in [2.75, 3.05) is 39.5 Å². The zero-order valence-corrected chi connectivity index (χ0v) is 13.6. The summed E-state index contributed by atoms with van der Waals surface area (Å²) >= 11 is 12.2. The topological polar surface area (TPSA) is 21.7 Å². The van der Waals surface area contributed by atoms with Crippen LogP contribution in [0.3, 0.4) is 0 Å². The maximum atomic E-state index is 6.15. The third-order valence-corrected chi connectivity index (χ3v) is 5.34. The molecule has 1 aliphatic heterocycles. The van der Waals surface area contributed by atoms with E-state index in [4.69, 9.17) is 32.7 Å². The van der Waals surface area contributed by atoms with Gasteiger partial charge in [-0.1, -0.05) is 29.3 Å². The Morgan fingerprint density at radius 3 is 2.62 bits per heavy atom. The van der Waals surface area contributed by atoms with Gasteiger partial charge in [-0.3, -0.25) is 4.90 Å². The summed E-state index contributed by atoms with van der Waals surface area (Å²) in [6, 6.07) is 5.53. The molecule has 3 nitrogen and oxygen atoms in total. The molecule has 1 heterocycles. The minimum atomic E-state index is 0.517. The Balaban J connectivity index is 1.48. The summed E-state index contributed by atoms with van der Waals surface area (Å²) in [6.07, 6.45) is 2.54. The summed E-state index contributed by atoms with van der Waals surface area (Å²) in [5, 5.41) is 1.07. The fourth-order valence-corrected chi connectivity index (χ4v) is 3.35. The van der Waals surface area contributed by atoms with E-state index in [1.807, 2.05) is 12.1 Å². The largest absolute Gasteiger partial charge is 0.492 e. The van der Waals surface area contributed by atoms with Gasteiger partial charge in [0, 0.05) is 19.6 Å². The van der Waals surface area contributed by atoms with E-state index in [1.54, 1.807) is 6.07 Å². The highest BCUT2D eigenvalue weighted by atomic mass is 35.5. The minimum Gasteiger partial charge on any atom is -0.492 e. The van der Waals surface area contributed by atoms with Crippen LogP contribution < -0.4 is 4.74 Å². The van der Waals surface area contributed by atoms with E-state index in [-0.39, 0.29) is 0 Å². The van der Waals surface area contributed by atoms with E-state index in [2.05, 4.69) is 4.90 Å². The molecule has 0 bridgehead atoms. The van der Waals surface area contributed by atoms with Crippen LogP contribution in [0, 0.1) is 11.8 Å². The normalized spacial score (nSPS) is 26.4. The molecule has 2 aliphatic rings. The van der Waals surface area contributed by atoms with Crippen LogP contribution in [0.15, 0.2) is 18.2 Å². The lowest BCUT2D eigenvalue weighted by Gasteiger charge is -2.40. The maximum absolute atomic E-state index is 6.15. The van der Waals surface area contributed by atoms with Gasteiger partial charge in [0.2, 0.25) is 0 Å². The number of ether oxygens (including phenoxy) is 2. The van der Waals surface area contributed by atoms with Crippen LogP contribution in [-0.4, -0.2) is 44.4 Å². The van der Waals surface area contributed by atoms with Crippen molar-refractivity contribution < 1.29 is 9.47 Å². The maximum Gasteiger partial charge on any atom is 0.139 e. The number of morpholine rings is 1. The van der Waals surface area contributed by atoms with Crippen LogP contribution >= 0.6 is 23.2 Å². The summed E-state index contributed by atoms with van der Waals surface area (Å²) in [7, 11) is 0. The van der Waals surface area contributed by atoms with Gasteiger partial charge >= 0.3 is 0 Å². The lowest BCUT2D eigenvalue weighted by atomic mass is 9.74. The molecule has 1 saturated heterocycles. The average Bonchev–Trinajstić information content (AvgIpc) is 2.49. The number of hydrogen-bond donors (Lipinski definition) is 0. The number of benzene rings is 1.